The molecule has 0 aliphatic carbocycles. The number of rotatable bonds is 0. The molecule has 0 saturated carbocycles. The number of ether oxygens (including phenoxy) is 1. The van der Waals surface area contributed by atoms with Crippen molar-refractivity contribution in [2.75, 3.05) is 6.61 Å². The highest BCUT2D eigenvalue weighted by Crippen LogP contribution is 2.08. The lowest BCUT2D eigenvalue weighted by atomic mass is 10.4. The highest BCUT2D eigenvalue weighted by Gasteiger charge is 1.99. The van der Waals surface area contributed by atoms with Crippen LogP contribution in [0, 0.1) is 0 Å². The molecule has 2 heteroatoms. The third-order valence-corrected chi connectivity index (χ3v) is 1.26. The zero-order valence-corrected chi connectivity index (χ0v) is 4.33. The normalized spacial score (nSPS) is 34.5. The van der Waals surface area contributed by atoms with Crippen LogP contribution < -0.4 is 0 Å². The summed E-state index contributed by atoms with van der Waals surface area (Å²) >= 11 is 4.78. The van der Waals surface area contributed by atoms with Gasteiger partial charge >= 0.3 is 0 Å². The summed E-state index contributed by atoms with van der Waals surface area (Å²) in [5.74, 6) is 0. The maximum Gasteiger partial charge on any atom is 0.0443 e. The summed E-state index contributed by atoms with van der Waals surface area (Å²) < 4.78 is 4.97. The molecule has 1 unspecified atom stereocenters. The minimum atomic E-state index is 0.130. The summed E-state index contributed by atoms with van der Waals surface area (Å²) in [6.45, 7) is 0.883. The smallest absolute Gasteiger partial charge is 0.0443 e. The Kier molecular flexibility index (Phi) is 1.37. The summed E-state index contributed by atoms with van der Waals surface area (Å²) in [5.41, 5.74) is 0.130. The van der Waals surface area contributed by atoms with Gasteiger partial charge in [0.15, 0.2) is 0 Å². The van der Waals surface area contributed by atoms with Crippen LogP contribution in [0.4, 0.5) is 0 Å². The molecular weight excluding hydrogens is 96.1 g/mol. The molecule has 1 nitrogen and oxygen atoms in total. The summed E-state index contributed by atoms with van der Waals surface area (Å²) in [7, 11) is 0. The molecule has 1 heterocycles. The van der Waals surface area contributed by atoms with Gasteiger partial charge in [-0.3, -0.25) is 0 Å². The van der Waals surface area contributed by atoms with E-state index in [1.54, 1.807) is 0 Å². The summed E-state index contributed by atoms with van der Waals surface area (Å²) in [5, 5.41) is 0. The first-order chi connectivity index (χ1) is 2.89. The second-order valence-electron chi connectivity index (χ2n) is 1.44. The lowest BCUT2D eigenvalue weighted by molar-refractivity contribution is 0.174. The molecule has 0 bridgehead atoms. The molecule has 1 aliphatic rings. The van der Waals surface area contributed by atoms with Crippen molar-refractivity contribution >= 4 is 12.6 Å². The number of hydrogen-bond acceptors (Lipinski definition) is 2. The minimum Gasteiger partial charge on any atom is -0.761 e. The van der Waals surface area contributed by atoms with Crippen LogP contribution in [-0.4, -0.2) is 12.0 Å². The van der Waals surface area contributed by atoms with E-state index in [9.17, 15) is 0 Å². The van der Waals surface area contributed by atoms with Gasteiger partial charge < -0.3 is 17.4 Å². The molecule has 0 aromatic rings. The summed E-state index contributed by atoms with van der Waals surface area (Å²) in [6, 6.07) is 0. The second kappa shape index (κ2) is 1.85. The van der Waals surface area contributed by atoms with E-state index in [1.807, 2.05) is 0 Å². The zero-order valence-electron chi connectivity index (χ0n) is 3.52. The molecule has 6 heavy (non-hydrogen) atoms. The lowest BCUT2D eigenvalue weighted by Crippen LogP contribution is -1.95. The summed E-state index contributed by atoms with van der Waals surface area (Å²) in [4.78, 5) is 0. The van der Waals surface area contributed by atoms with Gasteiger partial charge in [0.05, 0.1) is 0 Å². The van der Waals surface area contributed by atoms with Crippen molar-refractivity contribution in [3.05, 3.63) is 0 Å². The Morgan fingerprint density at radius 1 is 1.67 bits per heavy atom. The Bertz CT molecular complexity index is 40.8. The molecule has 1 saturated heterocycles. The van der Waals surface area contributed by atoms with E-state index in [0.29, 0.717) is 0 Å². The quantitative estimate of drug-likeness (QED) is 0.417. The molecule has 36 valence electrons. The van der Waals surface area contributed by atoms with Crippen LogP contribution in [0.5, 0.6) is 0 Å². The van der Waals surface area contributed by atoms with Crippen LogP contribution >= 0.6 is 0 Å². The van der Waals surface area contributed by atoms with Crippen LogP contribution in [0.3, 0.4) is 0 Å². The average Bonchev–Trinajstić information content (AvgIpc) is 1.86. The van der Waals surface area contributed by atoms with Gasteiger partial charge in [0.1, 0.15) is 0 Å². The molecule has 1 rings (SSSR count). The lowest BCUT2D eigenvalue weighted by Gasteiger charge is -2.11. The molecule has 1 atom stereocenters. The third-order valence-electron chi connectivity index (χ3n) is 0.888. The fourth-order valence-electron chi connectivity index (χ4n) is 0.548. The Morgan fingerprint density at radius 3 is 2.67 bits per heavy atom. The van der Waals surface area contributed by atoms with Gasteiger partial charge in [-0.15, -0.1) is 0 Å². The van der Waals surface area contributed by atoms with E-state index >= 15 is 0 Å². The first-order valence-electron chi connectivity index (χ1n) is 2.17. The van der Waals surface area contributed by atoms with Gasteiger partial charge in [0.25, 0.3) is 0 Å². The van der Waals surface area contributed by atoms with Gasteiger partial charge in [-0.25, -0.2) is 0 Å². The maximum atomic E-state index is 4.97. The van der Waals surface area contributed by atoms with E-state index in [2.05, 4.69) is 0 Å². The maximum absolute atomic E-state index is 4.97. The topological polar surface area (TPSA) is 9.23 Å². The Hall–Kier alpha value is 0.310. The third kappa shape index (κ3) is 0.884. The SMILES string of the molecule is [S-]C1CCCO1. The molecule has 0 aromatic heterocycles. The highest BCUT2D eigenvalue weighted by molar-refractivity contribution is 7.59. The van der Waals surface area contributed by atoms with E-state index in [1.165, 1.54) is 0 Å². The van der Waals surface area contributed by atoms with Gasteiger partial charge in [0.2, 0.25) is 0 Å². The molecule has 1 aliphatic heterocycles. The van der Waals surface area contributed by atoms with Crippen molar-refractivity contribution in [2.24, 2.45) is 0 Å². The largest absolute Gasteiger partial charge is 0.761 e. The molecule has 0 radical (unpaired) electrons. The molecule has 1 fully saturated rings. The Balaban J connectivity index is 2.18. The van der Waals surface area contributed by atoms with E-state index in [4.69, 9.17) is 17.4 Å². The monoisotopic (exact) mass is 103 g/mol. The highest BCUT2D eigenvalue weighted by atomic mass is 32.1. The minimum absolute atomic E-state index is 0.130. The van der Waals surface area contributed by atoms with Crippen LogP contribution in [0.15, 0.2) is 0 Å². The average molecular weight is 103 g/mol. The van der Waals surface area contributed by atoms with Crippen molar-refractivity contribution in [1.29, 1.82) is 0 Å². The van der Waals surface area contributed by atoms with Gasteiger partial charge in [0, 0.05) is 6.61 Å². The second-order valence-corrected chi connectivity index (χ2v) is 1.97. The van der Waals surface area contributed by atoms with Gasteiger partial charge in [-0.05, 0) is 12.8 Å². The Labute approximate surface area is 43.1 Å². The molecule has 0 spiro atoms. The Morgan fingerprint density at radius 2 is 2.50 bits per heavy atom. The predicted octanol–water partition coefficient (Wildman–Crippen LogP) is 0.670. The van der Waals surface area contributed by atoms with Gasteiger partial charge in [-0.2, -0.15) is 0 Å². The molecule has 0 N–H and O–H groups in total. The van der Waals surface area contributed by atoms with Crippen LogP contribution in [-0.2, 0) is 17.4 Å². The first-order valence-corrected chi connectivity index (χ1v) is 2.64. The standard InChI is InChI=1S/C4H8OS/c6-4-2-1-3-5-4/h4,6H,1-3H2/p-1. The van der Waals surface area contributed by atoms with Crippen molar-refractivity contribution in [1.82, 2.24) is 0 Å². The summed E-state index contributed by atoms with van der Waals surface area (Å²) in [6.07, 6.45) is 2.24. The first kappa shape index (κ1) is 4.47. The van der Waals surface area contributed by atoms with E-state index in [-0.39, 0.29) is 5.44 Å². The zero-order chi connectivity index (χ0) is 4.41. The van der Waals surface area contributed by atoms with Crippen molar-refractivity contribution in [2.45, 2.75) is 18.3 Å². The van der Waals surface area contributed by atoms with Crippen molar-refractivity contribution < 1.29 is 4.74 Å². The predicted molar refractivity (Wildman–Crippen MR) is 26.3 cm³/mol. The fourth-order valence-corrected chi connectivity index (χ4v) is 0.811. The van der Waals surface area contributed by atoms with Crippen molar-refractivity contribution in [3.8, 4) is 0 Å². The molecule has 0 amide bonds. The van der Waals surface area contributed by atoms with Crippen LogP contribution in [0.2, 0.25) is 0 Å². The van der Waals surface area contributed by atoms with E-state index < -0.39 is 0 Å². The van der Waals surface area contributed by atoms with Gasteiger partial charge in [-0.1, -0.05) is 5.44 Å². The number of hydrogen-bond donors (Lipinski definition) is 0. The fraction of sp³-hybridized carbons (Fsp3) is 1.00. The van der Waals surface area contributed by atoms with E-state index in [0.717, 1.165) is 19.4 Å². The van der Waals surface area contributed by atoms with Crippen molar-refractivity contribution in [3.63, 3.8) is 0 Å². The molecule has 0 aromatic carbocycles. The van der Waals surface area contributed by atoms with Crippen LogP contribution in [0.25, 0.3) is 0 Å². The van der Waals surface area contributed by atoms with Crippen LogP contribution in [0.1, 0.15) is 12.8 Å². The molecular formula is C4H7OS-.